The highest BCUT2D eigenvalue weighted by atomic mass is 32.2. The second-order valence-electron chi connectivity index (χ2n) is 42.5. The number of nitrogens with zero attached hydrogens (tertiary/aromatic N) is 3. The maximum Gasteiger partial charge on any atom is 0.329 e. The van der Waals surface area contributed by atoms with Gasteiger partial charge in [-0.2, -0.15) is 0 Å². The van der Waals surface area contributed by atoms with Crippen LogP contribution in [-0.2, 0) is 91.0 Å². The minimum absolute atomic E-state index is 0.000312. The van der Waals surface area contributed by atoms with Crippen molar-refractivity contribution in [2.75, 3.05) is 74.0 Å². The molecule has 10 rings (SSSR count). The molecule has 7 N–H and O–H groups in total. The Bertz CT molecular complexity index is 4280. The molecule has 2 aliphatic carbocycles. The molecule has 782 valence electrons. The number of aliphatic hydroxyl groups is 6. The molecule has 2 amide bonds. The second kappa shape index (κ2) is 56.3. The lowest BCUT2D eigenvalue weighted by Crippen LogP contribution is -2.61. The van der Waals surface area contributed by atoms with Gasteiger partial charge in [0.15, 0.2) is 11.6 Å². The molecule has 6 saturated heterocycles. The molecule has 8 fully saturated rings. The quantitative estimate of drug-likeness (QED) is 0.0542. The van der Waals surface area contributed by atoms with Crippen LogP contribution in [0.4, 0.5) is 0 Å². The highest BCUT2D eigenvalue weighted by Gasteiger charge is 2.56. The predicted octanol–water partition coefficient (Wildman–Crippen LogP) is 13.8. The molecule has 30 atom stereocenters. The SMILES string of the molecule is CO[C@@H]1C[C@H](C[C@@H](C)[C@@H]2CC[C@H](C)/C=C(\C)[C@@H](O)[C@@H](OC)C(=O)[C@H](C)C[C@H](C)/C=C/C=C/C=C(\C)[C@H](N3CCCC3)C[C@@H]3CC[C@@H](C)[C@@](O)(O3)C(=O)C(=O)N3CCCC[C@H]3C(=O)O2)CC[C@H]1O.CO[C@H]1C[C@@H]2CC[C@@H](C)[C@@](O)(O2)C(=O)C(=O)N2CCCC[C@H]2C(=O)O[C@H]([C@H](C)C[C@@H]2CC[C@@H](O)[C@H](OC)C2)CC[C@H](C)/C=C(\C)[C@@H](O)[C@@H](OC)C(=O)[C@H](C)C[C@H](C)/C=C/C=CC=C1C.O=S1(=O)CCCN1. The van der Waals surface area contributed by atoms with Gasteiger partial charge in [0.25, 0.3) is 23.4 Å². The van der Waals surface area contributed by atoms with Gasteiger partial charge in [-0.1, -0.05) is 148 Å². The van der Waals surface area contributed by atoms with Crippen LogP contribution in [0.3, 0.4) is 0 Å². The normalized spacial score (nSPS) is 39.7. The number of aliphatic hydroxyl groups excluding tert-OH is 4. The standard InChI is InChI=1S/C54H86N2O11.C51H81NO12.C3H7NO2S/c1-34-17-11-10-12-18-36(3)44(55-26-15-16-27-55)33-42-23-21-40(7)54(63,67-42)51(60)52(61)56-28-14-13-19-43(56)53(62)66-46(37(4)31-41-22-24-45(57)47(32-41)64-8)25-20-35(2)30-39(6)49(59)50(65-9)48(58)38(5)29-34;1-31-16-12-11-13-17-33(3)43(60-8)30-39-22-20-37(7)51(59,64-39)48(56)49(57)52-25-15-14-18-40(52)50(58)63-42(34(4)28-38-21-23-41(53)44(29-38)61-9)24-19-32(2)27-36(6)46(55)47(62-10)45(54)35(5)26-31;5-7(6)3-1-2-4-7/h10-12,17-18,30,34-35,37-38,40-47,49-50,57,59,63H,13-16,19-29,31-33H2,1-9H3;11-13,16-17,27,31-32,34-35,37-44,46-47,53,55,59H,14-15,18-26,28-30H2,1-10H3;4H,1-3H2/b12-10+,17-11+,36-18+,39-30+;13-11?,16-12+,33-17?,36-27+;/t34-,35+,37-,38-,40-,41+,42+,43+,44-,45-,46+,47-,49-,50+,54-;31-,32+,34-,35-,37-,38+,39+,40+,41-,42+,43+,44-,46-,47+,51-;/m11./s1. The third kappa shape index (κ3) is 33.4. The molecule has 138 heavy (non-hydrogen) atoms. The van der Waals surface area contributed by atoms with Crippen LogP contribution in [-0.4, -0.2) is 284 Å². The fourth-order valence-electron chi connectivity index (χ4n) is 22.4. The van der Waals surface area contributed by atoms with Crippen molar-refractivity contribution in [2.24, 2.45) is 71.0 Å². The minimum Gasteiger partial charge on any atom is -0.461 e. The Morgan fingerprint density at radius 3 is 1.23 bits per heavy atom. The molecular weight excluding hydrogens is 1790 g/mol. The van der Waals surface area contributed by atoms with Crippen LogP contribution in [0.25, 0.3) is 0 Å². The molecule has 10 aliphatic rings. The number of amides is 2. The van der Waals surface area contributed by atoms with E-state index in [1.54, 1.807) is 42.1 Å². The van der Waals surface area contributed by atoms with Crippen molar-refractivity contribution in [3.8, 4) is 0 Å². The van der Waals surface area contributed by atoms with E-state index in [4.69, 9.17) is 42.6 Å². The van der Waals surface area contributed by atoms with Gasteiger partial charge in [0.2, 0.25) is 21.6 Å². The third-order valence-corrected chi connectivity index (χ3v) is 32.7. The number of cyclic esters (lactones) is 2. The molecule has 0 aromatic heterocycles. The van der Waals surface area contributed by atoms with E-state index in [0.29, 0.717) is 165 Å². The van der Waals surface area contributed by atoms with Gasteiger partial charge in [0.1, 0.15) is 48.7 Å². The zero-order valence-corrected chi connectivity index (χ0v) is 87.3. The topological polar surface area (TPSA) is 397 Å². The zero-order chi connectivity index (χ0) is 102. The Balaban J connectivity index is 0.000000316. The van der Waals surface area contributed by atoms with E-state index >= 15 is 0 Å². The summed E-state index contributed by atoms with van der Waals surface area (Å²) < 4.78 is 76.8. The van der Waals surface area contributed by atoms with Gasteiger partial charge >= 0.3 is 11.9 Å². The third-order valence-electron chi connectivity index (χ3n) is 31.3. The summed E-state index contributed by atoms with van der Waals surface area (Å²) in [7, 11) is 4.92. The van der Waals surface area contributed by atoms with Crippen molar-refractivity contribution in [1.82, 2.24) is 19.4 Å². The Hall–Kier alpha value is -6.17. The summed E-state index contributed by atoms with van der Waals surface area (Å²) in [5, 5.41) is 68.1. The molecule has 0 aromatic rings. The number of rotatable bonds is 12. The lowest BCUT2D eigenvalue weighted by atomic mass is 9.78. The van der Waals surface area contributed by atoms with Gasteiger partial charge in [-0.15, -0.1) is 0 Å². The van der Waals surface area contributed by atoms with Gasteiger partial charge in [0.05, 0.1) is 48.5 Å². The highest BCUT2D eigenvalue weighted by molar-refractivity contribution is 7.89. The number of esters is 2. The smallest absolute Gasteiger partial charge is 0.329 e. The molecule has 4 bridgehead atoms. The lowest BCUT2D eigenvalue weighted by molar-refractivity contribution is -0.265. The highest BCUT2D eigenvalue weighted by Crippen LogP contribution is 2.43. The summed E-state index contributed by atoms with van der Waals surface area (Å²) in [5.74, 6) is -11.6. The number of ketones is 4. The summed E-state index contributed by atoms with van der Waals surface area (Å²) in [6, 6.07) is -2.02. The monoisotopic (exact) mass is 1960 g/mol. The van der Waals surface area contributed by atoms with Crippen LogP contribution in [0.5, 0.6) is 0 Å². The number of sulfonamides is 1. The molecule has 2 saturated carbocycles. The fraction of sp³-hybridized carbons (Fsp3) is 0.778. The Morgan fingerprint density at radius 2 is 0.848 bits per heavy atom. The summed E-state index contributed by atoms with van der Waals surface area (Å²) in [5.41, 5.74) is 3.26. The fourth-order valence-corrected chi connectivity index (χ4v) is 23.5. The molecule has 8 heterocycles. The number of carbonyl (C=O) groups is 8. The van der Waals surface area contributed by atoms with E-state index in [1.807, 2.05) is 109 Å². The molecule has 8 aliphatic heterocycles. The number of ether oxygens (including phenoxy) is 9. The predicted molar refractivity (Wildman–Crippen MR) is 530 cm³/mol. The maximum atomic E-state index is 14.5. The number of Topliss-reactive ketones (excluding diaryl/α,β-unsaturated/α-hetero) is 4. The molecule has 0 spiro atoms. The first-order chi connectivity index (χ1) is 65.4. The number of piperidine rings is 2. The first-order valence-corrected chi connectivity index (χ1v) is 53.6. The second-order valence-corrected chi connectivity index (χ2v) is 44.4. The van der Waals surface area contributed by atoms with Crippen molar-refractivity contribution in [3.05, 3.63) is 95.2 Å². The first-order valence-electron chi connectivity index (χ1n) is 51.9. The zero-order valence-electron chi connectivity index (χ0n) is 86.5. The molecule has 0 unspecified atom stereocenters. The number of fused-ring (bicyclic) bond motifs is 6. The van der Waals surface area contributed by atoms with E-state index in [9.17, 15) is 77.4 Å². The molecule has 29 nitrogen and oxygen atoms in total. The summed E-state index contributed by atoms with van der Waals surface area (Å²) in [4.78, 5) is 119. The van der Waals surface area contributed by atoms with Crippen LogP contribution in [0.1, 0.15) is 283 Å². The van der Waals surface area contributed by atoms with Crippen molar-refractivity contribution in [1.29, 1.82) is 0 Å². The van der Waals surface area contributed by atoms with Gasteiger partial charge in [-0.05, 0) is 285 Å². The van der Waals surface area contributed by atoms with E-state index in [2.05, 4.69) is 49.5 Å². The van der Waals surface area contributed by atoms with E-state index in [1.165, 1.54) is 24.0 Å². The number of hydrogen-bond donors (Lipinski definition) is 7. The van der Waals surface area contributed by atoms with Crippen LogP contribution < -0.4 is 4.72 Å². The number of allylic oxidation sites excluding steroid dienone is 12. The minimum atomic E-state index is -2.80. The summed E-state index contributed by atoms with van der Waals surface area (Å²) in [6.07, 6.45) is 33.4. The van der Waals surface area contributed by atoms with E-state index < -0.39 is 148 Å². The number of likely N-dealkylation sites (tertiary alicyclic amines) is 1. The Morgan fingerprint density at radius 1 is 0.435 bits per heavy atom. The maximum absolute atomic E-state index is 14.5. The van der Waals surface area contributed by atoms with Gasteiger partial charge in [-0.3, -0.25) is 33.7 Å². The summed E-state index contributed by atoms with van der Waals surface area (Å²) >= 11 is 0. The van der Waals surface area contributed by atoms with Crippen molar-refractivity contribution >= 4 is 56.9 Å². The Kier molecular flexibility index (Phi) is 47.8. The average molecular weight is 1960 g/mol. The van der Waals surface area contributed by atoms with E-state index in [-0.39, 0.29) is 102 Å². The molecular formula is C108H174N4O25S. The van der Waals surface area contributed by atoms with Crippen molar-refractivity contribution in [2.45, 2.75) is 392 Å². The van der Waals surface area contributed by atoms with Gasteiger partial charge in [-0.25, -0.2) is 22.7 Å². The molecule has 0 aromatic carbocycles. The Labute approximate surface area is 824 Å². The number of hydrogen-bond acceptors (Lipinski definition) is 26. The van der Waals surface area contributed by atoms with Gasteiger partial charge < -0.3 is 83.1 Å². The van der Waals surface area contributed by atoms with E-state index in [0.717, 1.165) is 69.2 Å². The summed E-state index contributed by atoms with van der Waals surface area (Å²) in [6.45, 7) is 29.9. The van der Waals surface area contributed by atoms with Crippen LogP contribution >= 0.6 is 0 Å². The number of carbonyl (C=O) groups excluding carboxylic acids is 8. The van der Waals surface area contributed by atoms with Crippen LogP contribution in [0.15, 0.2) is 95.2 Å². The lowest BCUT2D eigenvalue weighted by Gasteiger charge is -2.43. The number of methoxy groups -OCH3 is 5. The van der Waals surface area contributed by atoms with Crippen molar-refractivity contribution < 1.29 is 120 Å². The largest absolute Gasteiger partial charge is 0.461 e. The van der Waals surface area contributed by atoms with Crippen molar-refractivity contribution in [3.63, 3.8) is 0 Å². The van der Waals surface area contributed by atoms with Gasteiger partial charge in [0, 0.05) is 91.3 Å². The number of nitrogens with one attached hydrogen (secondary N) is 1. The first kappa shape index (κ1) is 117. The molecule has 30 heteroatoms. The molecule has 0 radical (unpaired) electrons. The van der Waals surface area contributed by atoms with Crippen LogP contribution in [0.2, 0.25) is 0 Å². The average Bonchev–Trinajstić information content (AvgIpc) is 0.822. The van der Waals surface area contributed by atoms with Crippen LogP contribution in [0, 0.1) is 71.0 Å².